The molecule has 0 aliphatic carbocycles. The second-order valence-electron chi connectivity index (χ2n) is 5.80. The molecular weight excluding hydrogens is 278 g/mol. The number of carbonyl (C=O) groups is 2. The summed E-state index contributed by atoms with van der Waals surface area (Å²) in [6.45, 7) is 7.72. The quantitative estimate of drug-likeness (QED) is 0.691. The molecule has 0 aliphatic rings. The van der Waals surface area contributed by atoms with Gasteiger partial charge in [0.05, 0.1) is 0 Å². The molecule has 0 bridgehead atoms. The maximum absolute atomic E-state index is 11.7. The fraction of sp³-hybridized carbons (Fsp3) is 0.529. The van der Waals surface area contributed by atoms with E-state index in [9.17, 15) is 9.59 Å². The average Bonchev–Trinajstić information content (AvgIpc) is 2.48. The number of nitrogens with one attached hydrogen (secondary N) is 3. The highest BCUT2D eigenvalue weighted by molar-refractivity contribution is 5.76. The first kappa shape index (κ1) is 18.0. The summed E-state index contributed by atoms with van der Waals surface area (Å²) >= 11 is 0. The number of rotatable bonds is 8. The summed E-state index contributed by atoms with van der Waals surface area (Å²) in [6.07, 6.45) is 1.46. The second kappa shape index (κ2) is 9.82. The molecule has 1 aromatic rings. The van der Waals surface area contributed by atoms with Gasteiger partial charge in [-0.05, 0) is 23.5 Å². The Balaban J connectivity index is 2.42. The fourth-order valence-corrected chi connectivity index (χ4v) is 1.98. The third kappa shape index (κ3) is 7.67. The van der Waals surface area contributed by atoms with Gasteiger partial charge >= 0.3 is 6.03 Å². The van der Waals surface area contributed by atoms with Crippen molar-refractivity contribution in [3.8, 4) is 0 Å². The number of benzene rings is 1. The van der Waals surface area contributed by atoms with E-state index in [2.05, 4.69) is 16.0 Å². The molecule has 0 heterocycles. The van der Waals surface area contributed by atoms with Crippen molar-refractivity contribution in [2.24, 2.45) is 5.92 Å². The molecule has 1 rings (SSSR count). The highest BCUT2D eigenvalue weighted by atomic mass is 16.2. The lowest BCUT2D eigenvalue weighted by Crippen LogP contribution is -2.35. The molecule has 122 valence electrons. The maximum Gasteiger partial charge on any atom is 0.315 e. The van der Waals surface area contributed by atoms with Gasteiger partial charge in [-0.2, -0.15) is 0 Å². The Bertz CT molecular complexity index is 487. The van der Waals surface area contributed by atoms with E-state index in [0.29, 0.717) is 32.0 Å². The molecule has 3 amide bonds. The summed E-state index contributed by atoms with van der Waals surface area (Å²) in [5.74, 6) is 0.426. The lowest BCUT2D eigenvalue weighted by atomic mass is 10.1. The lowest BCUT2D eigenvalue weighted by molar-refractivity contribution is -0.121. The molecule has 0 saturated carbocycles. The molecule has 5 nitrogen and oxygen atoms in total. The molecule has 0 radical (unpaired) electrons. The minimum Gasteiger partial charge on any atom is -0.352 e. The summed E-state index contributed by atoms with van der Waals surface area (Å²) in [4.78, 5) is 23.1. The van der Waals surface area contributed by atoms with Crippen LogP contribution < -0.4 is 16.0 Å². The van der Waals surface area contributed by atoms with Gasteiger partial charge in [0.15, 0.2) is 0 Å². The molecule has 22 heavy (non-hydrogen) atoms. The van der Waals surface area contributed by atoms with Crippen LogP contribution in [0, 0.1) is 5.92 Å². The first-order valence-corrected chi connectivity index (χ1v) is 7.87. The van der Waals surface area contributed by atoms with Crippen molar-refractivity contribution in [1.82, 2.24) is 16.0 Å². The van der Waals surface area contributed by atoms with Gasteiger partial charge in [-0.25, -0.2) is 4.79 Å². The van der Waals surface area contributed by atoms with E-state index < -0.39 is 0 Å². The molecule has 1 aromatic carbocycles. The normalized spacial score (nSPS) is 10.4. The molecule has 0 aromatic heterocycles. The highest BCUT2D eigenvalue weighted by Gasteiger charge is 2.05. The van der Waals surface area contributed by atoms with E-state index >= 15 is 0 Å². The molecule has 0 spiro atoms. The van der Waals surface area contributed by atoms with Crippen LogP contribution in [0.2, 0.25) is 0 Å². The van der Waals surface area contributed by atoms with Gasteiger partial charge in [0.25, 0.3) is 0 Å². The molecule has 0 saturated heterocycles. The van der Waals surface area contributed by atoms with Crippen molar-refractivity contribution in [1.29, 1.82) is 0 Å². The third-order valence-electron chi connectivity index (χ3n) is 3.06. The zero-order valence-corrected chi connectivity index (χ0v) is 13.7. The number of hydrogen-bond donors (Lipinski definition) is 3. The van der Waals surface area contributed by atoms with Crippen LogP contribution in [0.15, 0.2) is 24.3 Å². The van der Waals surface area contributed by atoms with Crippen LogP contribution in [0.4, 0.5) is 4.79 Å². The van der Waals surface area contributed by atoms with Crippen LogP contribution in [0.1, 0.15) is 44.7 Å². The average molecular weight is 305 g/mol. The summed E-state index contributed by atoms with van der Waals surface area (Å²) in [6, 6.07) is 7.70. The molecule has 0 fully saturated rings. The minimum atomic E-state index is -0.155. The largest absolute Gasteiger partial charge is 0.352 e. The van der Waals surface area contributed by atoms with Gasteiger partial charge in [-0.1, -0.05) is 45.0 Å². The first-order chi connectivity index (χ1) is 10.5. The predicted octanol–water partition coefficient (Wildman–Crippen LogP) is 2.56. The van der Waals surface area contributed by atoms with Gasteiger partial charge in [-0.15, -0.1) is 0 Å². The van der Waals surface area contributed by atoms with E-state index in [1.807, 2.05) is 45.0 Å². The zero-order chi connectivity index (χ0) is 16.4. The summed E-state index contributed by atoms with van der Waals surface area (Å²) < 4.78 is 0. The molecule has 0 atom stereocenters. The van der Waals surface area contributed by atoms with Crippen molar-refractivity contribution in [2.45, 2.75) is 46.7 Å². The van der Waals surface area contributed by atoms with Gasteiger partial charge in [0.2, 0.25) is 5.91 Å². The van der Waals surface area contributed by atoms with Crippen LogP contribution in [0.25, 0.3) is 0 Å². The summed E-state index contributed by atoms with van der Waals surface area (Å²) in [7, 11) is 0. The molecule has 0 unspecified atom stereocenters. The monoisotopic (exact) mass is 305 g/mol. The van der Waals surface area contributed by atoms with Gasteiger partial charge in [0.1, 0.15) is 0 Å². The van der Waals surface area contributed by atoms with Crippen molar-refractivity contribution in [2.75, 3.05) is 6.54 Å². The van der Waals surface area contributed by atoms with Gasteiger partial charge in [0, 0.05) is 26.1 Å². The zero-order valence-electron chi connectivity index (χ0n) is 13.7. The Morgan fingerprint density at radius 1 is 1.05 bits per heavy atom. The molecule has 0 aliphatic heterocycles. The van der Waals surface area contributed by atoms with Crippen molar-refractivity contribution < 1.29 is 9.59 Å². The standard InChI is InChI=1S/C17H27N3O2/c1-4-8-18-17(22)20-12-15-7-5-6-14(10-15)11-19-16(21)9-13(2)3/h5-7,10,13H,4,8-9,11-12H2,1-3H3,(H,19,21)(H2,18,20,22). The summed E-state index contributed by atoms with van der Waals surface area (Å²) in [5, 5.41) is 8.49. The van der Waals surface area contributed by atoms with Crippen molar-refractivity contribution in [3.05, 3.63) is 35.4 Å². The van der Waals surface area contributed by atoms with Gasteiger partial charge < -0.3 is 16.0 Å². The number of carbonyl (C=O) groups excluding carboxylic acids is 2. The maximum atomic E-state index is 11.7. The van der Waals surface area contributed by atoms with Crippen LogP contribution in [0.5, 0.6) is 0 Å². The third-order valence-corrected chi connectivity index (χ3v) is 3.06. The Morgan fingerprint density at radius 2 is 1.68 bits per heavy atom. The first-order valence-electron chi connectivity index (χ1n) is 7.87. The smallest absolute Gasteiger partial charge is 0.315 e. The lowest BCUT2D eigenvalue weighted by Gasteiger charge is -2.10. The molecule has 3 N–H and O–H groups in total. The number of amides is 3. The topological polar surface area (TPSA) is 70.2 Å². The Morgan fingerprint density at radius 3 is 2.27 bits per heavy atom. The van der Waals surface area contributed by atoms with E-state index in [1.54, 1.807) is 0 Å². The van der Waals surface area contributed by atoms with E-state index in [4.69, 9.17) is 0 Å². The molecular formula is C17H27N3O2. The Hall–Kier alpha value is -2.04. The number of urea groups is 1. The molecule has 5 heteroatoms. The summed E-state index contributed by atoms with van der Waals surface area (Å²) in [5.41, 5.74) is 2.05. The highest BCUT2D eigenvalue weighted by Crippen LogP contribution is 2.06. The van der Waals surface area contributed by atoms with Crippen LogP contribution >= 0.6 is 0 Å². The minimum absolute atomic E-state index is 0.0671. The Kier molecular flexibility index (Phi) is 8.04. The van der Waals surface area contributed by atoms with Crippen LogP contribution in [-0.4, -0.2) is 18.5 Å². The van der Waals surface area contributed by atoms with E-state index in [-0.39, 0.29) is 11.9 Å². The fourth-order valence-electron chi connectivity index (χ4n) is 1.98. The van der Waals surface area contributed by atoms with Crippen molar-refractivity contribution in [3.63, 3.8) is 0 Å². The predicted molar refractivity (Wildman–Crippen MR) is 88.3 cm³/mol. The van der Waals surface area contributed by atoms with E-state index in [0.717, 1.165) is 17.5 Å². The van der Waals surface area contributed by atoms with Crippen LogP contribution in [-0.2, 0) is 17.9 Å². The van der Waals surface area contributed by atoms with E-state index in [1.165, 1.54) is 0 Å². The number of hydrogen-bond acceptors (Lipinski definition) is 2. The second-order valence-corrected chi connectivity index (χ2v) is 5.80. The van der Waals surface area contributed by atoms with Crippen molar-refractivity contribution >= 4 is 11.9 Å². The van der Waals surface area contributed by atoms with Crippen LogP contribution in [0.3, 0.4) is 0 Å². The Labute approximate surface area is 132 Å². The van der Waals surface area contributed by atoms with Gasteiger partial charge in [-0.3, -0.25) is 4.79 Å². The SMILES string of the molecule is CCCNC(=O)NCc1cccc(CNC(=O)CC(C)C)c1.